The first-order chi connectivity index (χ1) is 10.0. The van der Waals surface area contributed by atoms with E-state index in [4.69, 9.17) is 15.2 Å². The lowest BCUT2D eigenvalue weighted by Gasteiger charge is -2.10. The molecule has 0 atom stereocenters. The van der Waals surface area contributed by atoms with Crippen LogP contribution in [0.3, 0.4) is 0 Å². The monoisotopic (exact) mass is 350 g/mol. The van der Waals surface area contributed by atoms with Gasteiger partial charge in [-0.05, 0) is 46.3 Å². The van der Waals surface area contributed by atoms with Crippen LogP contribution in [-0.4, -0.2) is 20.1 Å². The average molecular weight is 351 g/mol. The van der Waals surface area contributed by atoms with Crippen molar-refractivity contribution in [3.05, 3.63) is 46.4 Å². The topological polar surface area (TPSA) is 73.6 Å². The Morgan fingerprint density at radius 2 is 1.71 bits per heavy atom. The minimum atomic E-state index is -0.270. The van der Waals surface area contributed by atoms with E-state index in [9.17, 15) is 4.79 Å². The fourth-order valence-corrected chi connectivity index (χ4v) is 2.01. The van der Waals surface area contributed by atoms with Crippen LogP contribution in [0.25, 0.3) is 0 Å². The van der Waals surface area contributed by atoms with E-state index in [1.807, 2.05) is 0 Å². The molecule has 0 radical (unpaired) electrons. The van der Waals surface area contributed by atoms with Gasteiger partial charge in [0.05, 0.1) is 14.2 Å². The maximum Gasteiger partial charge on any atom is 0.255 e. The molecule has 21 heavy (non-hydrogen) atoms. The van der Waals surface area contributed by atoms with Crippen molar-refractivity contribution in [3.63, 3.8) is 0 Å². The van der Waals surface area contributed by atoms with Crippen LogP contribution in [0.1, 0.15) is 10.4 Å². The molecule has 2 rings (SSSR count). The molecule has 0 aliphatic rings. The number of methoxy groups -OCH3 is 2. The predicted molar refractivity (Wildman–Crippen MR) is 86.1 cm³/mol. The average Bonchev–Trinajstić information content (AvgIpc) is 2.50. The summed E-state index contributed by atoms with van der Waals surface area (Å²) in [5.74, 6) is 0.832. The second kappa shape index (κ2) is 6.49. The van der Waals surface area contributed by atoms with Crippen LogP contribution in [0.5, 0.6) is 11.5 Å². The third kappa shape index (κ3) is 3.66. The van der Waals surface area contributed by atoms with Gasteiger partial charge in [-0.2, -0.15) is 0 Å². The Balaban J connectivity index is 2.25. The molecule has 2 aromatic rings. The number of nitrogens with one attached hydrogen (secondary N) is 1. The number of halogens is 1. The summed E-state index contributed by atoms with van der Waals surface area (Å²) in [4.78, 5) is 12.3. The first kappa shape index (κ1) is 15.2. The predicted octanol–water partition coefficient (Wildman–Crippen LogP) is 3.30. The summed E-state index contributed by atoms with van der Waals surface area (Å²) in [7, 11) is 3.07. The molecule has 1 amide bonds. The van der Waals surface area contributed by atoms with Crippen molar-refractivity contribution in [2.24, 2.45) is 0 Å². The summed E-state index contributed by atoms with van der Waals surface area (Å²) in [6.07, 6.45) is 0. The lowest BCUT2D eigenvalue weighted by atomic mass is 10.1. The van der Waals surface area contributed by atoms with Gasteiger partial charge in [-0.1, -0.05) is 0 Å². The Morgan fingerprint density at radius 1 is 1.10 bits per heavy atom. The Labute approximate surface area is 131 Å². The second-order valence-corrected chi connectivity index (χ2v) is 5.15. The lowest BCUT2D eigenvalue weighted by molar-refractivity contribution is 0.102. The number of ether oxygens (including phenoxy) is 2. The van der Waals surface area contributed by atoms with Gasteiger partial charge < -0.3 is 20.5 Å². The molecule has 0 fully saturated rings. The molecule has 6 heteroatoms. The van der Waals surface area contributed by atoms with Crippen molar-refractivity contribution in [3.8, 4) is 11.5 Å². The number of rotatable bonds is 4. The van der Waals surface area contributed by atoms with Crippen LogP contribution in [0.15, 0.2) is 40.9 Å². The minimum Gasteiger partial charge on any atom is -0.497 e. The van der Waals surface area contributed by atoms with E-state index < -0.39 is 0 Å². The fourth-order valence-electron chi connectivity index (χ4n) is 1.76. The largest absolute Gasteiger partial charge is 0.497 e. The Bertz CT molecular complexity index is 652. The summed E-state index contributed by atoms with van der Waals surface area (Å²) in [5, 5.41) is 2.78. The third-order valence-electron chi connectivity index (χ3n) is 2.87. The first-order valence-corrected chi connectivity index (χ1v) is 6.92. The fraction of sp³-hybridized carbons (Fsp3) is 0.133. The molecule has 5 nitrogen and oxygen atoms in total. The van der Waals surface area contributed by atoms with Gasteiger partial charge in [0.1, 0.15) is 11.5 Å². The normalized spacial score (nSPS) is 10.0. The summed E-state index contributed by atoms with van der Waals surface area (Å²) in [6, 6.07) is 10.2. The van der Waals surface area contributed by atoms with Crippen LogP contribution >= 0.6 is 15.9 Å². The van der Waals surface area contributed by atoms with E-state index in [1.54, 1.807) is 36.4 Å². The third-order valence-corrected chi connectivity index (χ3v) is 3.59. The molecule has 110 valence electrons. The molecule has 2 aromatic carbocycles. The van der Waals surface area contributed by atoms with E-state index in [2.05, 4.69) is 21.2 Å². The number of anilines is 2. The van der Waals surface area contributed by atoms with Crippen molar-refractivity contribution in [1.82, 2.24) is 0 Å². The molecule has 3 N–H and O–H groups in total. The highest BCUT2D eigenvalue weighted by molar-refractivity contribution is 9.10. The van der Waals surface area contributed by atoms with Crippen LogP contribution in [0.4, 0.5) is 11.4 Å². The summed E-state index contributed by atoms with van der Waals surface area (Å²) < 4.78 is 11.1. The Kier molecular flexibility index (Phi) is 4.70. The second-order valence-electron chi connectivity index (χ2n) is 4.29. The van der Waals surface area contributed by atoms with E-state index in [-0.39, 0.29) is 5.91 Å². The van der Waals surface area contributed by atoms with Crippen LogP contribution in [0.2, 0.25) is 0 Å². The van der Waals surface area contributed by atoms with Gasteiger partial charge >= 0.3 is 0 Å². The maximum atomic E-state index is 12.3. The number of amides is 1. The molecule has 0 bridgehead atoms. The number of benzene rings is 2. The Morgan fingerprint density at radius 3 is 2.24 bits per heavy atom. The molecule has 0 heterocycles. The number of carbonyl (C=O) groups excluding carboxylic acids is 1. The summed E-state index contributed by atoms with van der Waals surface area (Å²) >= 11 is 3.31. The van der Waals surface area contributed by atoms with Crippen LogP contribution in [0, 0.1) is 0 Å². The van der Waals surface area contributed by atoms with Crippen LogP contribution in [-0.2, 0) is 0 Å². The summed E-state index contributed by atoms with van der Waals surface area (Å²) in [5.41, 5.74) is 7.39. The zero-order chi connectivity index (χ0) is 15.4. The molecular formula is C15H15BrN2O3. The van der Waals surface area contributed by atoms with Crippen molar-refractivity contribution >= 4 is 33.2 Å². The Hall–Kier alpha value is -2.21. The van der Waals surface area contributed by atoms with Gasteiger partial charge in [-0.25, -0.2) is 0 Å². The maximum absolute atomic E-state index is 12.3. The number of hydrogen-bond donors (Lipinski definition) is 2. The highest BCUT2D eigenvalue weighted by Crippen LogP contribution is 2.25. The van der Waals surface area contributed by atoms with Crippen molar-refractivity contribution in [2.45, 2.75) is 0 Å². The number of nitrogens with two attached hydrogens (primary N) is 1. The molecule has 0 unspecified atom stereocenters. The molecule has 0 spiro atoms. The SMILES string of the molecule is COc1cc(OC)cc(C(=O)Nc2ccc(Br)c(N)c2)c1. The quantitative estimate of drug-likeness (QED) is 0.829. The van der Waals surface area contributed by atoms with Gasteiger partial charge in [-0.3, -0.25) is 4.79 Å². The minimum absolute atomic E-state index is 0.270. The zero-order valence-corrected chi connectivity index (χ0v) is 13.2. The van der Waals surface area contributed by atoms with Gasteiger partial charge in [0.15, 0.2) is 0 Å². The van der Waals surface area contributed by atoms with E-state index in [1.165, 1.54) is 14.2 Å². The number of nitrogen functional groups attached to an aromatic ring is 1. The zero-order valence-electron chi connectivity index (χ0n) is 11.6. The van der Waals surface area contributed by atoms with Gasteiger partial charge in [-0.15, -0.1) is 0 Å². The molecule has 0 saturated heterocycles. The number of carbonyl (C=O) groups is 1. The highest BCUT2D eigenvalue weighted by Gasteiger charge is 2.10. The van der Waals surface area contributed by atoms with Crippen LogP contribution < -0.4 is 20.5 Å². The van der Waals surface area contributed by atoms with E-state index in [0.29, 0.717) is 28.4 Å². The first-order valence-electron chi connectivity index (χ1n) is 6.13. The lowest BCUT2D eigenvalue weighted by Crippen LogP contribution is -2.12. The molecule has 0 aliphatic carbocycles. The molecule has 0 aliphatic heterocycles. The van der Waals surface area contributed by atoms with Crippen molar-refractivity contribution in [1.29, 1.82) is 0 Å². The smallest absolute Gasteiger partial charge is 0.255 e. The highest BCUT2D eigenvalue weighted by atomic mass is 79.9. The van der Waals surface area contributed by atoms with Gasteiger partial charge in [0, 0.05) is 27.5 Å². The summed E-state index contributed by atoms with van der Waals surface area (Å²) in [6.45, 7) is 0. The number of hydrogen-bond acceptors (Lipinski definition) is 4. The molecular weight excluding hydrogens is 336 g/mol. The standard InChI is InChI=1S/C15H15BrN2O3/c1-20-11-5-9(6-12(8-11)21-2)15(19)18-10-3-4-13(16)14(17)7-10/h3-8H,17H2,1-2H3,(H,18,19). The molecule has 0 aromatic heterocycles. The van der Waals surface area contributed by atoms with E-state index in [0.717, 1.165) is 4.47 Å². The molecule has 0 saturated carbocycles. The van der Waals surface area contributed by atoms with Gasteiger partial charge in [0.2, 0.25) is 0 Å². The van der Waals surface area contributed by atoms with Gasteiger partial charge in [0.25, 0.3) is 5.91 Å². The van der Waals surface area contributed by atoms with Crippen molar-refractivity contribution in [2.75, 3.05) is 25.3 Å². The van der Waals surface area contributed by atoms with E-state index >= 15 is 0 Å². The van der Waals surface area contributed by atoms with Crippen molar-refractivity contribution < 1.29 is 14.3 Å².